The maximum atomic E-state index is 13.1. The van der Waals surface area contributed by atoms with E-state index in [2.05, 4.69) is 23.8 Å². The highest BCUT2D eigenvalue weighted by atomic mass is 16.6. The van der Waals surface area contributed by atoms with Gasteiger partial charge in [-0.25, -0.2) is 24.5 Å². The van der Waals surface area contributed by atoms with Crippen molar-refractivity contribution in [1.82, 2.24) is 15.0 Å². The largest absolute Gasteiger partial charge is 0.507 e. The summed E-state index contributed by atoms with van der Waals surface area (Å²) < 4.78 is 27.5. The van der Waals surface area contributed by atoms with Gasteiger partial charge in [0.15, 0.2) is 30.7 Å². The van der Waals surface area contributed by atoms with E-state index in [0.29, 0.717) is 23.8 Å². The Balaban J connectivity index is 1.31. The number of phenols is 2. The van der Waals surface area contributed by atoms with Crippen LogP contribution in [0.1, 0.15) is 201 Å². The van der Waals surface area contributed by atoms with Crippen LogP contribution in [-0.2, 0) is 19.1 Å². The number of carbonyl (C=O) groups is 2. The van der Waals surface area contributed by atoms with E-state index in [1.807, 2.05) is 0 Å². The summed E-state index contributed by atoms with van der Waals surface area (Å²) in [7, 11) is 1.58. The highest BCUT2D eigenvalue weighted by molar-refractivity contribution is 5.74. The number of benzene rings is 3. The number of unbranched alkanes of at least 4 members (excludes halogenated alkanes) is 24. The van der Waals surface area contributed by atoms with Gasteiger partial charge in [0.1, 0.15) is 28.7 Å². The predicted octanol–water partition coefficient (Wildman–Crippen LogP) is 15.7. The Bertz CT molecular complexity index is 2100. The monoisotopic (exact) mass is 996 g/mol. The highest BCUT2D eigenvalue weighted by Gasteiger charge is 2.19. The average Bonchev–Trinajstić information content (AvgIpc) is 3.39. The lowest BCUT2D eigenvalue weighted by Gasteiger charge is -2.17. The molecule has 12 heteroatoms. The molecule has 0 bridgehead atoms. The van der Waals surface area contributed by atoms with Crippen LogP contribution in [0.3, 0.4) is 0 Å². The molecule has 3 aromatic carbocycles. The van der Waals surface area contributed by atoms with Crippen molar-refractivity contribution in [3.8, 4) is 62.9 Å². The number of esters is 2. The Kier molecular flexibility index (Phi) is 30.0. The summed E-state index contributed by atoms with van der Waals surface area (Å²) >= 11 is 0. The van der Waals surface area contributed by atoms with Crippen LogP contribution in [0.5, 0.6) is 28.7 Å². The van der Waals surface area contributed by atoms with Gasteiger partial charge in [-0.2, -0.15) is 0 Å². The van der Waals surface area contributed by atoms with Crippen molar-refractivity contribution in [3.63, 3.8) is 0 Å². The molecule has 0 saturated heterocycles. The van der Waals surface area contributed by atoms with Crippen LogP contribution in [-0.4, -0.2) is 70.6 Å². The molecule has 398 valence electrons. The fourth-order valence-corrected chi connectivity index (χ4v) is 9.02. The second kappa shape index (κ2) is 36.5. The van der Waals surface area contributed by atoms with Crippen LogP contribution in [0.2, 0.25) is 0 Å². The van der Waals surface area contributed by atoms with E-state index in [9.17, 15) is 19.8 Å². The summed E-state index contributed by atoms with van der Waals surface area (Å²) in [6, 6.07) is 16.3. The number of aromatic hydroxyl groups is 2. The number of aromatic nitrogens is 3. The lowest BCUT2D eigenvalue weighted by atomic mass is 9.94. The van der Waals surface area contributed by atoms with E-state index in [-0.39, 0.29) is 71.4 Å². The minimum atomic E-state index is -0.530. The molecule has 12 nitrogen and oxygen atoms in total. The van der Waals surface area contributed by atoms with Crippen molar-refractivity contribution in [3.05, 3.63) is 60.7 Å². The third-order valence-corrected chi connectivity index (χ3v) is 13.3. The minimum absolute atomic E-state index is 0.129. The summed E-state index contributed by atoms with van der Waals surface area (Å²) in [6.07, 6.45) is 36.6. The summed E-state index contributed by atoms with van der Waals surface area (Å²) in [6.45, 7) is 6.26. The smallest absolute Gasteiger partial charge is 0.344 e. The van der Waals surface area contributed by atoms with Gasteiger partial charge in [0.25, 0.3) is 0 Å². The van der Waals surface area contributed by atoms with E-state index in [1.54, 1.807) is 62.6 Å². The number of hydrogen-bond donors (Lipinski definition) is 2. The molecule has 1 unspecified atom stereocenters. The molecule has 4 rings (SSSR count). The average molecular weight is 996 g/mol. The van der Waals surface area contributed by atoms with Crippen LogP contribution in [0.25, 0.3) is 34.2 Å². The third kappa shape index (κ3) is 23.9. The Hall–Kier alpha value is -5.39. The highest BCUT2D eigenvalue weighted by Crippen LogP contribution is 2.36. The van der Waals surface area contributed by atoms with E-state index in [1.165, 1.54) is 166 Å². The van der Waals surface area contributed by atoms with Gasteiger partial charge < -0.3 is 33.9 Å². The van der Waals surface area contributed by atoms with Crippen molar-refractivity contribution < 1.29 is 43.5 Å². The number of carbonyl (C=O) groups excluding carboxylic acids is 2. The maximum Gasteiger partial charge on any atom is 0.344 e. The number of nitrogens with zero attached hydrogens (tertiary/aromatic N) is 3. The number of rotatable bonds is 41. The molecule has 1 aromatic heterocycles. The Labute approximate surface area is 432 Å². The number of phenolic OH excluding ortho intramolecular Hbond substituents is 2. The SMILES string of the molecule is CCCCCCCCCCCCCCCCC(CCCCCCCCCCCCCC)COC(=O)COc1ccc(-c2nc(-c3ccc(OC)cc3)nc(-c3ccc(OCC(=O)OCC)cc3O)n2)c(O)c1. The van der Waals surface area contributed by atoms with Crippen molar-refractivity contribution in [1.29, 1.82) is 0 Å². The molecule has 0 radical (unpaired) electrons. The lowest BCUT2D eigenvalue weighted by molar-refractivity contribution is -0.147. The normalized spacial score (nSPS) is 11.6. The van der Waals surface area contributed by atoms with E-state index >= 15 is 0 Å². The van der Waals surface area contributed by atoms with Crippen molar-refractivity contribution in [2.45, 2.75) is 201 Å². The van der Waals surface area contributed by atoms with Crippen molar-refractivity contribution in [2.24, 2.45) is 5.92 Å². The molecule has 4 aromatic rings. The van der Waals surface area contributed by atoms with Crippen LogP contribution in [0.15, 0.2) is 60.7 Å². The maximum absolute atomic E-state index is 13.1. The molecule has 0 fully saturated rings. The Morgan fingerprint density at radius 1 is 0.458 bits per heavy atom. The Morgan fingerprint density at radius 3 is 1.19 bits per heavy atom. The van der Waals surface area contributed by atoms with Gasteiger partial charge in [-0.1, -0.05) is 181 Å². The van der Waals surface area contributed by atoms with Gasteiger partial charge in [0.05, 0.1) is 31.5 Å². The van der Waals surface area contributed by atoms with Gasteiger partial charge in [-0.3, -0.25) is 0 Å². The molecule has 0 aliphatic carbocycles. The Morgan fingerprint density at radius 2 is 0.819 bits per heavy atom. The third-order valence-electron chi connectivity index (χ3n) is 13.3. The summed E-state index contributed by atoms with van der Waals surface area (Å²) in [5.74, 6) is 0.708. The lowest BCUT2D eigenvalue weighted by Crippen LogP contribution is -2.19. The van der Waals surface area contributed by atoms with Gasteiger partial charge in [-0.05, 0) is 74.2 Å². The molecule has 0 aliphatic rings. The van der Waals surface area contributed by atoms with Crippen LogP contribution in [0, 0.1) is 5.92 Å². The first-order chi connectivity index (χ1) is 35.2. The van der Waals surface area contributed by atoms with Crippen molar-refractivity contribution >= 4 is 11.9 Å². The quantitative estimate of drug-likeness (QED) is 0.0321. The summed E-state index contributed by atoms with van der Waals surface area (Å²) in [5.41, 5.74) is 1.19. The van der Waals surface area contributed by atoms with Gasteiger partial charge in [0, 0.05) is 17.7 Å². The zero-order valence-corrected chi connectivity index (χ0v) is 44.6. The predicted molar refractivity (Wildman–Crippen MR) is 289 cm³/mol. The molecule has 0 saturated carbocycles. The van der Waals surface area contributed by atoms with E-state index in [0.717, 1.165) is 25.7 Å². The van der Waals surface area contributed by atoms with Crippen molar-refractivity contribution in [2.75, 3.05) is 33.5 Å². The fourth-order valence-electron chi connectivity index (χ4n) is 9.02. The van der Waals surface area contributed by atoms with E-state index in [4.69, 9.17) is 28.7 Å². The zero-order chi connectivity index (χ0) is 51.4. The van der Waals surface area contributed by atoms with Gasteiger partial charge in [-0.15, -0.1) is 0 Å². The first-order valence-electron chi connectivity index (χ1n) is 27.9. The van der Waals surface area contributed by atoms with E-state index < -0.39 is 11.9 Å². The summed E-state index contributed by atoms with van der Waals surface area (Å²) in [5, 5.41) is 22.4. The molecule has 2 N–H and O–H groups in total. The second-order valence-electron chi connectivity index (χ2n) is 19.4. The molecule has 1 atom stereocenters. The van der Waals surface area contributed by atoms with Gasteiger partial charge >= 0.3 is 11.9 Å². The first kappa shape index (κ1) is 59.2. The second-order valence-corrected chi connectivity index (χ2v) is 19.4. The number of methoxy groups -OCH3 is 1. The van der Waals surface area contributed by atoms with Crippen LogP contribution in [0.4, 0.5) is 0 Å². The topological polar surface area (TPSA) is 159 Å². The first-order valence-corrected chi connectivity index (χ1v) is 27.9. The van der Waals surface area contributed by atoms with Crippen LogP contribution >= 0.6 is 0 Å². The molecule has 0 amide bonds. The number of ether oxygens (including phenoxy) is 5. The zero-order valence-electron chi connectivity index (χ0n) is 44.6. The molecule has 72 heavy (non-hydrogen) atoms. The standard InChI is InChI=1S/C60H89N3O9/c1-5-8-10-12-14-16-18-20-21-23-25-27-29-31-33-47(32-30-28-26-24-22-19-17-15-13-11-9-6-2)44-72-57(67)46-71-51-39-41-53(55(65)43-51)60-62-58(48-34-36-49(68-4)37-35-48)61-59(63-60)52-40-38-50(42-54(52)64)70-45-56(66)69-7-3/h34-43,47,64-65H,5-33,44-46H2,1-4H3. The molecule has 0 aliphatic heterocycles. The summed E-state index contributed by atoms with van der Waals surface area (Å²) in [4.78, 5) is 38.9. The fraction of sp³-hybridized carbons (Fsp3) is 0.617. The van der Waals surface area contributed by atoms with Crippen LogP contribution < -0.4 is 14.2 Å². The molecular formula is C60H89N3O9. The molecular weight excluding hydrogens is 907 g/mol. The molecule has 1 heterocycles. The van der Waals surface area contributed by atoms with Gasteiger partial charge in [0.2, 0.25) is 0 Å². The minimum Gasteiger partial charge on any atom is -0.507 e. The molecule has 0 spiro atoms. The number of hydrogen-bond acceptors (Lipinski definition) is 12.